The van der Waals surface area contributed by atoms with Gasteiger partial charge in [-0.05, 0) is 30.5 Å². The average molecular weight is 242 g/mol. The predicted molar refractivity (Wildman–Crippen MR) is 68.8 cm³/mol. The highest BCUT2D eigenvalue weighted by Gasteiger charge is 2.16. The Morgan fingerprint density at radius 2 is 1.94 bits per heavy atom. The van der Waals surface area contributed by atoms with E-state index in [2.05, 4.69) is 6.92 Å². The molecule has 2 unspecified atom stereocenters. The number of hydrogen-bond acceptors (Lipinski definition) is 2. The summed E-state index contributed by atoms with van der Waals surface area (Å²) in [5, 5.41) is 0.758. The Labute approximate surface area is 103 Å². The van der Waals surface area contributed by atoms with E-state index in [1.54, 1.807) is 7.11 Å². The molecule has 2 nitrogen and oxygen atoms in total. The van der Waals surface area contributed by atoms with Crippen molar-refractivity contribution in [1.29, 1.82) is 0 Å². The molecule has 0 radical (unpaired) electrons. The Morgan fingerprint density at radius 1 is 1.31 bits per heavy atom. The first-order chi connectivity index (χ1) is 7.67. The summed E-state index contributed by atoms with van der Waals surface area (Å²) in [5.74, 6) is 0. The number of rotatable bonds is 6. The SMILES string of the molecule is CCCC(OC)C(N)Cc1ccc(Cl)cc1. The molecule has 0 bridgehead atoms. The van der Waals surface area contributed by atoms with Crippen molar-refractivity contribution in [3.05, 3.63) is 34.9 Å². The van der Waals surface area contributed by atoms with Gasteiger partial charge in [-0.3, -0.25) is 0 Å². The van der Waals surface area contributed by atoms with Gasteiger partial charge in [0.1, 0.15) is 0 Å². The molecule has 0 saturated heterocycles. The van der Waals surface area contributed by atoms with Gasteiger partial charge in [0.15, 0.2) is 0 Å². The largest absolute Gasteiger partial charge is 0.380 e. The minimum atomic E-state index is 0.0473. The van der Waals surface area contributed by atoms with Crippen LogP contribution < -0.4 is 5.73 Å². The maximum atomic E-state index is 6.13. The second kappa shape index (κ2) is 6.89. The summed E-state index contributed by atoms with van der Waals surface area (Å²) >= 11 is 5.83. The summed E-state index contributed by atoms with van der Waals surface area (Å²) in [5.41, 5.74) is 7.33. The quantitative estimate of drug-likeness (QED) is 0.831. The summed E-state index contributed by atoms with van der Waals surface area (Å²) < 4.78 is 5.40. The fraction of sp³-hybridized carbons (Fsp3) is 0.538. The van der Waals surface area contributed by atoms with Crippen LogP contribution in [0.2, 0.25) is 5.02 Å². The van der Waals surface area contributed by atoms with E-state index in [9.17, 15) is 0 Å². The van der Waals surface area contributed by atoms with Crippen LogP contribution >= 0.6 is 11.6 Å². The van der Waals surface area contributed by atoms with Gasteiger partial charge in [-0.25, -0.2) is 0 Å². The van der Waals surface area contributed by atoms with Crippen molar-refractivity contribution in [2.24, 2.45) is 5.73 Å². The van der Waals surface area contributed by atoms with Crippen LogP contribution in [0.4, 0.5) is 0 Å². The van der Waals surface area contributed by atoms with Crippen molar-refractivity contribution < 1.29 is 4.74 Å². The maximum Gasteiger partial charge on any atom is 0.0725 e. The van der Waals surface area contributed by atoms with Gasteiger partial charge in [0, 0.05) is 18.2 Å². The van der Waals surface area contributed by atoms with Gasteiger partial charge in [0.2, 0.25) is 0 Å². The maximum absolute atomic E-state index is 6.13. The van der Waals surface area contributed by atoms with Crippen molar-refractivity contribution >= 4 is 11.6 Å². The minimum Gasteiger partial charge on any atom is -0.380 e. The Morgan fingerprint density at radius 3 is 2.44 bits per heavy atom. The third-order valence-electron chi connectivity index (χ3n) is 2.74. The Bertz CT molecular complexity index is 299. The Kier molecular flexibility index (Phi) is 5.81. The van der Waals surface area contributed by atoms with Gasteiger partial charge in [0.05, 0.1) is 6.10 Å². The summed E-state index contributed by atoms with van der Waals surface area (Å²) in [4.78, 5) is 0. The fourth-order valence-electron chi connectivity index (χ4n) is 1.82. The highest BCUT2D eigenvalue weighted by atomic mass is 35.5. The molecule has 2 N–H and O–H groups in total. The lowest BCUT2D eigenvalue weighted by Crippen LogP contribution is -2.37. The molecule has 0 spiro atoms. The molecular formula is C13H20ClNO. The first kappa shape index (κ1) is 13.5. The molecule has 0 aliphatic carbocycles. The minimum absolute atomic E-state index is 0.0473. The molecule has 90 valence electrons. The fourth-order valence-corrected chi connectivity index (χ4v) is 1.94. The summed E-state index contributed by atoms with van der Waals surface area (Å²) in [6.45, 7) is 2.14. The normalized spacial score (nSPS) is 14.8. The van der Waals surface area contributed by atoms with Gasteiger partial charge in [0.25, 0.3) is 0 Å². The van der Waals surface area contributed by atoms with Crippen LogP contribution in [-0.2, 0) is 11.2 Å². The van der Waals surface area contributed by atoms with Gasteiger partial charge < -0.3 is 10.5 Å². The van der Waals surface area contributed by atoms with Gasteiger partial charge >= 0.3 is 0 Å². The topological polar surface area (TPSA) is 35.2 Å². The van der Waals surface area contributed by atoms with E-state index in [4.69, 9.17) is 22.1 Å². The molecule has 3 heteroatoms. The van der Waals surface area contributed by atoms with Crippen LogP contribution in [0.1, 0.15) is 25.3 Å². The van der Waals surface area contributed by atoms with E-state index in [1.165, 1.54) is 5.56 Å². The summed E-state index contributed by atoms with van der Waals surface area (Å²) in [6.07, 6.45) is 3.06. The number of benzene rings is 1. The van der Waals surface area contributed by atoms with E-state index in [-0.39, 0.29) is 12.1 Å². The second-order valence-electron chi connectivity index (χ2n) is 4.06. The van der Waals surface area contributed by atoms with Crippen LogP contribution in [0.5, 0.6) is 0 Å². The molecule has 0 saturated carbocycles. The van der Waals surface area contributed by atoms with Crippen LogP contribution in [0.3, 0.4) is 0 Å². The summed E-state index contributed by atoms with van der Waals surface area (Å²) in [7, 11) is 1.72. The molecule has 0 fully saturated rings. The molecule has 0 aliphatic rings. The van der Waals surface area contributed by atoms with E-state index in [0.717, 1.165) is 24.3 Å². The van der Waals surface area contributed by atoms with Crippen molar-refractivity contribution in [1.82, 2.24) is 0 Å². The third kappa shape index (κ3) is 4.12. The predicted octanol–water partition coefficient (Wildman–Crippen LogP) is 3.02. The van der Waals surface area contributed by atoms with Crippen LogP contribution in [-0.4, -0.2) is 19.3 Å². The Hall–Kier alpha value is -0.570. The zero-order valence-electron chi connectivity index (χ0n) is 9.95. The van der Waals surface area contributed by atoms with Gasteiger partial charge in [-0.15, -0.1) is 0 Å². The second-order valence-corrected chi connectivity index (χ2v) is 4.49. The van der Waals surface area contributed by atoms with E-state index >= 15 is 0 Å². The van der Waals surface area contributed by atoms with Crippen molar-refractivity contribution in [2.45, 2.75) is 38.3 Å². The summed E-state index contributed by atoms with van der Waals surface area (Å²) in [6, 6.07) is 7.86. The Balaban J connectivity index is 2.55. The van der Waals surface area contributed by atoms with Gasteiger partial charge in [-0.2, -0.15) is 0 Å². The van der Waals surface area contributed by atoms with Crippen molar-refractivity contribution in [3.63, 3.8) is 0 Å². The number of hydrogen-bond donors (Lipinski definition) is 1. The molecule has 0 aromatic heterocycles. The molecule has 16 heavy (non-hydrogen) atoms. The van der Waals surface area contributed by atoms with E-state index in [1.807, 2.05) is 24.3 Å². The highest BCUT2D eigenvalue weighted by molar-refractivity contribution is 6.30. The molecule has 2 atom stereocenters. The number of methoxy groups -OCH3 is 1. The van der Waals surface area contributed by atoms with E-state index < -0.39 is 0 Å². The lowest BCUT2D eigenvalue weighted by Gasteiger charge is -2.22. The highest BCUT2D eigenvalue weighted by Crippen LogP contribution is 2.13. The first-order valence-corrected chi connectivity index (χ1v) is 6.08. The monoisotopic (exact) mass is 241 g/mol. The third-order valence-corrected chi connectivity index (χ3v) is 2.99. The molecule has 0 aliphatic heterocycles. The number of halogens is 1. The first-order valence-electron chi connectivity index (χ1n) is 5.70. The zero-order valence-corrected chi connectivity index (χ0v) is 10.7. The molecule has 0 heterocycles. The lowest BCUT2D eigenvalue weighted by molar-refractivity contribution is 0.0727. The smallest absolute Gasteiger partial charge is 0.0725 e. The zero-order chi connectivity index (χ0) is 12.0. The van der Waals surface area contributed by atoms with Crippen LogP contribution in [0.15, 0.2) is 24.3 Å². The average Bonchev–Trinajstić information content (AvgIpc) is 2.29. The van der Waals surface area contributed by atoms with Crippen molar-refractivity contribution in [2.75, 3.05) is 7.11 Å². The van der Waals surface area contributed by atoms with E-state index in [0.29, 0.717) is 0 Å². The van der Waals surface area contributed by atoms with Crippen LogP contribution in [0.25, 0.3) is 0 Å². The lowest BCUT2D eigenvalue weighted by atomic mass is 9.99. The molecule has 0 amide bonds. The van der Waals surface area contributed by atoms with Gasteiger partial charge in [-0.1, -0.05) is 37.1 Å². The molecule has 1 rings (SSSR count). The standard InChI is InChI=1S/C13H20ClNO/c1-3-4-13(16-2)12(15)9-10-5-7-11(14)8-6-10/h5-8,12-13H,3-4,9,15H2,1-2H3. The number of ether oxygens (including phenoxy) is 1. The molecular weight excluding hydrogens is 222 g/mol. The number of nitrogens with two attached hydrogens (primary N) is 1. The molecule has 1 aromatic carbocycles. The van der Waals surface area contributed by atoms with Crippen molar-refractivity contribution in [3.8, 4) is 0 Å². The van der Waals surface area contributed by atoms with Crippen LogP contribution in [0, 0.1) is 0 Å². The molecule has 1 aromatic rings.